The van der Waals surface area contributed by atoms with Crippen LogP contribution in [0.3, 0.4) is 0 Å². The summed E-state index contributed by atoms with van der Waals surface area (Å²) < 4.78 is 0. The molecule has 1 aromatic rings. The number of rotatable bonds is 3. The fourth-order valence-electron chi connectivity index (χ4n) is 1.01. The summed E-state index contributed by atoms with van der Waals surface area (Å²) in [4.78, 5) is 2.46. The normalized spacial score (nSPS) is 8.86. The molecule has 2 heteroatoms. The molecule has 0 aliphatic heterocycles. The highest BCUT2D eigenvalue weighted by atomic mass is 35.5. The first-order valence-electron chi connectivity index (χ1n) is 4.01. The van der Waals surface area contributed by atoms with Crippen molar-refractivity contribution in [3.63, 3.8) is 0 Å². The summed E-state index contributed by atoms with van der Waals surface area (Å²) in [5, 5.41) is 0. The zero-order valence-corrected chi connectivity index (χ0v) is 8.43. The lowest BCUT2D eigenvalue weighted by molar-refractivity contribution is 1.40. The van der Waals surface area contributed by atoms with Crippen LogP contribution >= 0.6 is 11.8 Å². The molecule has 0 aliphatic carbocycles. The van der Waals surface area contributed by atoms with Crippen LogP contribution < -0.4 is 4.84 Å². The van der Waals surface area contributed by atoms with Gasteiger partial charge in [0.25, 0.3) is 0 Å². The van der Waals surface area contributed by atoms with Crippen LogP contribution in [0.4, 0.5) is 0 Å². The van der Waals surface area contributed by atoms with E-state index in [9.17, 15) is 0 Å². The predicted octanol–water partition coefficient (Wildman–Crippen LogP) is 3.05. The van der Waals surface area contributed by atoms with Gasteiger partial charge < -0.3 is 0 Å². The lowest BCUT2D eigenvalue weighted by Gasteiger charge is -2.04. The van der Waals surface area contributed by atoms with Crippen LogP contribution in [-0.4, -0.2) is 0 Å². The van der Waals surface area contributed by atoms with E-state index in [1.54, 1.807) is 0 Å². The third kappa shape index (κ3) is 2.18. The number of hydrogen-bond donors (Lipinski definition) is 1. The number of nitrogens with one attached hydrogen (secondary N) is 1. The minimum atomic E-state index is 0.657. The molecule has 0 spiro atoms. The molecule has 0 unspecified atom stereocenters. The molecule has 1 aromatic carbocycles. The quantitative estimate of drug-likeness (QED) is 0.588. The minimum absolute atomic E-state index is 0.657. The summed E-state index contributed by atoms with van der Waals surface area (Å²) in [6, 6.07) is 7.54. The number of halogens is 1. The minimum Gasteiger partial charge on any atom is -0.299 e. The first-order chi connectivity index (χ1) is 6.69. The van der Waals surface area contributed by atoms with Crippen LogP contribution in [0, 0.1) is 12.3 Å². The van der Waals surface area contributed by atoms with Gasteiger partial charge in [0.15, 0.2) is 0 Å². The average molecular weight is 204 g/mol. The van der Waals surface area contributed by atoms with Crippen molar-refractivity contribution < 1.29 is 0 Å². The SMILES string of the molecule is C#CC(=C)c1ccc(C(=C)NCl)cc1. The van der Waals surface area contributed by atoms with Crippen molar-refractivity contribution >= 4 is 23.0 Å². The van der Waals surface area contributed by atoms with E-state index in [4.69, 9.17) is 18.2 Å². The van der Waals surface area contributed by atoms with Crippen molar-refractivity contribution in [1.82, 2.24) is 4.84 Å². The van der Waals surface area contributed by atoms with Gasteiger partial charge in [-0.05, 0) is 11.1 Å². The van der Waals surface area contributed by atoms with Gasteiger partial charge in [-0.25, -0.2) is 0 Å². The molecule has 0 fully saturated rings. The maximum Gasteiger partial charge on any atom is 0.0492 e. The Morgan fingerprint density at radius 1 is 1.21 bits per heavy atom. The second kappa shape index (κ2) is 4.55. The van der Waals surface area contributed by atoms with Crippen molar-refractivity contribution in [3.8, 4) is 12.3 Å². The molecule has 0 aliphatic rings. The molecule has 0 saturated carbocycles. The lowest BCUT2D eigenvalue weighted by Crippen LogP contribution is -1.95. The second-order valence-electron chi connectivity index (χ2n) is 2.77. The van der Waals surface area contributed by atoms with E-state index in [2.05, 4.69) is 23.9 Å². The molecule has 1 N–H and O–H groups in total. The highest BCUT2D eigenvalue weighted by molar-refractivity contribution is 6.17. The highest BCUT2D eigenvalue weighted by Gasteiger charge is 1.98. The van der Waals surface area contributed by atoms with Crippen molar-refractivity contribution in [1.29, 1.82) is 0 Å². The molecule has 0 heterocycles. The molecule has 14 heavy (non-hydrogen) atoms. The van der Waals surface area contributed by atoms with Crippen molar-refractivity contribution in [2.45, 2.75) is 0 Å². The molecule has 0 saturated heterocycles. The summed E-state index contributed by atoms with van der Waals surface area (Å²) in [5.74, 6) is 2.49. The van der Waals surface area contributed by atoms with Crippen molar-refractivity contribution in [2.24, 2.45) is 0 Å². The van der Waals surface area contributed by atoms with E-state index in [1.165, 1.54) is 0 Å². The molecule has 0 bridgehead atoms. The van der Waals surface area contributed by atoms with E-state index < -0.39 is 0 Å². The summed E-state index contributed by atoms with van der Waals surface area (Å²) in [6.45, 7) is 7.47. The van der Waals surface area contributed by atoms with Gasteiger partial charge in [-0.2, -0.15) is 0 Å². The van der Waals surface area contributed by atoms with E-state index in [1.807, 2.05) is 24.3 Å². The maximum absolute atomic E-state index is 5.42. The van der Waals surface area contributed by atoms with Gasteiger partial charge in [-0.15, -0.1) is 6.42 Å². The van der Waals surface area contributed by atoms with E-state index in [0.717, 1.165) is 11.1 Å². The van der Waals surface area contributed by atoms with Crippen LogP contribution in [0.25, 0.3) is 11.3 Å². The number of hydrogen-bond acceptors (Lipinski definition) is 1. The Kier molecular flexibility index (Phi) is 3.39. The van der Waals surface area contributed by atoms with Crippen LogP contribution in [-0.2, 0) is 0 Å². The zero-order chi connectivity index (χ0) is 10.6. The van der Waals surface area contributed by atoms with Gasteiger partial charge in [0.1, 0.15) is 0 Å². The van der Waals surface area contributed by atoms with Crippen molar-refractivity contribution in [2.75, 3.05) is 0 Å². The van der Waals surface area contributed by atoms with Gasteiger partial charge in [-0.1, -0.05) is 43.3 Å². The molecule has 0 radical (unpaired) electrons. The first kappa shape index (κ1) is 10.4. The van der Waals surface area contributed by atoms with Crippen molar-refractivity contribution in [3.05, 3.63) is 48.6 Å². The standard InChI is InChI=1S/C12H10ClN/c1-4-9(2)11-5-7-12(8-6-11)10(3)14-13/h1,5-8,14H,2-3H2. The highest BCUT2D eigenvalue weighted by Crippen LogP contribution is 2.15. The topological polar surface area (TPSA) is 12.0 Å². The van der Waals surface area contributed by atoms with E-state index >= 15 is 0 Å². The van der Waals surface area contributed by atoms with Crippen LogP contribution in [0.5, 0.6) is 0 Å². The lowest BCUT2D eigenvalue weighted by atomic mass is 10.1. The smallest absolute Gasteiger partial charge is 0.0492 e. The van der Waals surface area contributed by atoms with E-state index in [-0.39, 0.29) is 0 Å². The molecule has 1 nitrogen and oxygen atoms in total. The van der Waals surface area contributed by atoms with Gasteiger partial charge >= 0.3 is 0 Å². The number of benzene rings is 1. The third-order valence-electron chi connectivity index (χ3n) is 1.87. The Morgan fingerprint density at radius 2 is 1.71 bits per heavy atom. The molecule has 70 valence electrons. The largest absolute Gasteiger partial charge is 0.299 e. The summed E-state index contributed by atoms with van der Waals surface area (Å²) >= 11 is 5.42. The Bertz CT molecular complexity index is 395. The monoisotopic (exact) mass is 203 g/mol. The second-order valence-corrected chi connectivity index (χ2v) is 2.96. The first-order valence-corrected chi connectivity index (χ1v) is 4.38. The Labute approximate surface area is 89.2 Å². The maximum atomic E-state index is 5.42. The fraction of sp³-hybridized carbons (Fsp3) is 0. The Morgan fingerprint density at radius 3 is 2.14 bits per heavy atom. The molecule has 1 rings (SSSR count). The molecular weight excluding hydrogens is 194 g/mol. The van der Waals surface area contributed by atoms with Gasteiger partial charge in [-0.3, -0.25) is 4.84 Å². The zero-order valence-electron chi connectivity index (χ0n) is 7.68. The number of allylic oxidation sites excluding steroid dienone is 1. The van der Waals surface area contributed by atoms with E-state index in [0.29, 0.717) is 11.3 Å². The third-order valence-corrected chi connectivity index (χ3v) is 2.10. The molecule has 0 aromatic heterocycles. The van der Waals surface area contributed by atoms with Gasteiger partial charge in [0.2, 0.25) is 0 Å². The van der Waals surface area contributed by atoms with Crippen LogP contribution in [0.1, 0.15) is 11.1 Å². The molecule has 0 atom stereocenters. The summed E-state index contributed by atoms with van der Waals surface area (Å²) in [7, 11) is 0. The Hall–Kier alpha value is -1.65. The van der Waals surface area contributed by atoms with Crippen LogP contribution in [0.2, 0.25) is 0 Å². The van der Waals surface area contributed by atoms with Gasteiger partial charge in [0, 0.05) is 23.0 Å². The average Bonchev–Trinajstić information content (AvgIpc) is 2.27. The number of terminal acetylenes is 1. The summed E-state index contributed by atoms with van der Waals surface area (Å²) in [5.41, 5.74) is 3.18. The Balaban J connectivity index is 2.96. The van der Waals surface area contributed by atoms with Gasteiger partial charge in [0.05, 0.1) is 0 Å². The predicted molar refractivity (Wildman–Crippen MR) is 62.3 cm³/mol. The summed E-state index contributed by atoms with van der Waals surface area (Å²) in [6.07, 6.45) is 5.23. The van der Waals surface area contributed by atoms with Crippen LogP contribution in [0.15, 0.2) is 37.4 Å². The molecular formula is C12H10ClN. The fourth-order valence-corrected chi connectivity index (χ4v) is 1.12. The molecule has 0 amide bonds.